The van der Waals surface area contributed by atoms with Crippen LogP contribution in [0.3, 0.4) is 0 Å². The highest BCUT2D eigenvalue weighted by molar-refractivity contribution is 7.86. The van der Waals surface area contributed by atoms with E-state index in [1.807, 2.05) is 0 Å². The highest BCUT2D eigenvalue weighted by atomic mass is 32.2. The molecule has 0 bridgehead atoms. The van der Waals surface area contributed by atoms with Crippen molar-refractivity contribution in [1.82, 2.24) is 8.61 Å². The normalized spacial score (nSPS) is 39.3. The second-order valence-electron chi connectivity index (χ2n) is 7.56. The van der Waals surface area contributed by atoms with Crippen LogP contribution in [0.1, 0.15) is 45.4 Å². The molecule has 122 valence electrons. The molecule has 2 aliphatic heterocycles. The predicted molar refractivity (Wildman–Crippen MR) is 83.9 cm³/mol. The molecule has 0 radical (unpaired) electrons. The van der Waals surface area contributed by atoms with Gasteiger partial charge in [-0.05, 0) is 43.1 Å². The largest absolute Gasteiger partial charge is 0.330 e. The predicted octanol–water partition coefficient (Wildman–Crippen LogP) is 1.41. The Hall–Kier alpha value is -0.170. The van der Waals surface area contributed by atoms with Crippen molar-refractivity contribution in [1.29, 1.82) is 0 Å². The third-order valence-corrected chi connectivity index (χ3v) is 7.87. The molecule has 0 amide bonds. The van der Waals surface area contributed by atoms with Gasteiger partial charge in [0.05, 0.1) is 0 Å². The van der Waals surface area contributed by atoms with E-state index >= 15 is 0 Å². The summed E-state index contributed by atoms with van der Waals surface area (Å²) < 4.78 is 29.2. The minimum Gasteiger partial charge on any atom is -0.330 e. The maximum atomic E-state index is 12.9. The molecular formula is C15H29N3O2S. The Labute approximate surface area is 129 Å². The Balaban J connectivity index is 1.68. The molecule has 5 nitrogen and oxygen atoms in total. The van der Waals surface area contributed by atoms with E-state index in [1.165, 1.54) is 25.7 Å². The lowest BCUT2D eigenvalue weighted by Gasteiger charge is -2.41. The van der Waals surface area contributed by atoms with Crippen molar-refractivity contribution < 1.29 is 8.42 Å². The summed E-state index contributed by atoms with van der Waals surface area (Å²) in [5, 5.41) is 0. The molecule has 3 fully saturated rings. The van der Waals surface area contributed by atoms with Crippen LogP contribution in [0.5, 0.6) is 0 Å². The van der Waals surface area contributed by atoms with Gasteiger partial charge in [0.25, 0.3) is 10.2 Å². The van der Waals surface area contributed by atoms with Gasteiger partial charge in [-0.15, -0.1) is 0 Å². The van der Waals surface area contributed by atoms with Gasteiger partial charge >= 0.3 is 0 Å². The van der Waals surface area contributed by atoms with E-state index in [0.717, 1.165) is 25.3 Å². The lowest BCUT2D eigenvalue weighted by Crippen LogP contribution is -2.50. The van der Waals surface area contributed by atoms with Crippen molar-refractivity contribution in [3.05, 3.63) is 0 Å². The van der Waals surface area contributed by atoms with Crippen LogP contribution in [0.2, 0.25) is 0 Å². The first kappa shape index (κ1) is 15.7. The van der Waals surface area contributed by atoms with E-state index in [1.54, 1.807) is 8.61 Å². The third kappa shape index (κ3) is 3.00. The number of hydrogen-bond acceptors (Lipinski definition) is 3. The third-order valence-electron chi connectivity index (χ3n) is 5.92. The molecule has 2 saturated heterocycles. The fourth-order valence-electron chi connectivity index (χ4n) is 4.28. The number of hydrogen-bond donors (Lipinski definition) is 1. The van der Waals surface area contributed by atoms with E-state index in [9.17, 15) is 8.42 Å². The number of fused-ring (bicyclic) bond motifs is 1. The van der Waals surface area contributed by atoms with Crippen LogP contribution in [0.4, 0.5) is 0 Å². The lowest BCUT2D eigenvalue weighted by atomic mass is 9.76. The van der Waals surface area contributed by atoms with Crippen molar-refractivity contribution in [2.75, 3.05) is 32.7 Å². The van der Waals surface area contributed by atoms with Gasteiger partial charge in [0.15, 0.2) is 0 Å². The zero-order chi connectivity index (χ0) is 15.1. The van der Waals surface area contributed by atoms with Crippen LogP contribution in [-0.2, 0) is 10.2 Å². The summed E-state index contributed by atoms with van der Waals surface area (Å²) in [7, 11) is -3.28. The molecule has 2 N–H and O–H groups in total. The Kier molecular flexibility index (Phi) is 4.34. The van der Waals surface area contributed by atoms with E-state index in [0.29, 0.717) is 32.1 Å². The average molecular weight is 315 g/mol. The summed E-state index contributed by atoms with van der Waals surface area (Å²) >= 11 is 0. The van der Waals surface area contributed by atoms with Crippen LogP contribution >= 0.6 is 0 Å². The van der Waals surface area contributed by atoms with Crippen molar-refractivity contribution in [3.8, 4) is 0 Å². The first-order chi connectivity index (χ1) is 9.94. The molecule has 6 heteroatoms. The highest BCUT2D eigenvalue weighted by Gasteiger charge is 2.43. The number of rotatable bonds is 3. The number of piperidine rings is 1. The van der Waals surface area contributed by atoms with Gasteiger partial charge in [-0.1, -0.05) is 26.2 Å². The second-order valence-corrected chi connectivity index (χ2v) is 9.49. The molecule has 21 heavy (non-hydrogen) atoms. The first-order valence-electron chi connectivity index (χ1n) is 8.40. The van der Waals surface area contributed by atoms with E-state index < -0.39 is 10.2 Å². The molecule has 1 aliphatic carbocycles. The Morgan fingerprint density at radius 2 is 1.81 bits per heavy atom. The first-order valence-corrected chi connectivity index (χ1v) is 9.80. The van der Waals surface area contributed by atoms with Crippen molar-refractivity contribution in [2.24, 2.45) is 23.0 Å². The quantitative estimate of drug-likeness (QED) is 0.856. The molecule has 3 rings (SSSR count). The average Bonchev–Trinajstić information content (AvgIpc) is 2.91. The second kappa shape index (κ2) is 5.80. The molecule has 1 saturated carbocycles. The van der Waals surface area contributed by atoms with Crippen LogP contribution in [0.25, 0.3) is 0 Å². The molecule has 3 aliphatic rings. The Morgan fingerprint density at radius 1 is 1.10 bits per heavy atom. The van der Waals surface area contributed by atoms with Crippen LogP contribution < -0.4 is 5.73 Å². The Bertz CT molecular complexity index is 481. The molecule has 3 atom stereocenters. The van der Waals surface area contributed by atoms with Gasteiger partial charge in [0.1, 0.15) is 0 Å². The summed E-state index contributed by atoms with van der Waals surface area (Å²) in [6, 6.07) is 0. The Morgan fingerprint density at radius 3 is 2.48 bits per heavy atom. The van der Waals surface area contributed by atoms with Crippen LogP contribution in [-0.4, -0.2) is 49.8 Å². The fraction of sp³-hybridized carbons (Fsp3) is 1.00. The van der Waals surface area contributed by atoms with E-state index in [4.69, 9.17) is 5.73 Å². The standard InChI is InChI=1S/C15H29N3O2S/c1-15(11-16)7-9-18(12-15)21(19,20)17-8-6-13-4-2-3-5-14(13)10-17/h13-14H,2-12,16H2,1H3. The highest BCUT2D eigenvalue weighted by Crippen LogP contribution is 2.38. The number of nitrogens with two attached hydrogens (primary N) is 1. The van der Waals surface area contributed by atoms with Crippen molar-refractivity contribution >= 4 is 10.2 Å². The maximum absolute atomic E-state index is 12.9. The monoisotopic (exact) mass is 315 g/mol. The topological polar surface area (TPSA) is 66.6 Å². The van der Waals surface area contributed by atoms with Crippen LogP contribution in [0, 0.1) is 17.3 Å². The molecule has 0 aromatic rings. The van der Waals surface area contributed by atoms with Crippen molar-refractivity contribution in [2.45, 2.75) is 45.4 Å². The summed E-state index contributed by atoms with van der Waals surface area (Å²) in [6.07, 6.45) is 7.03. The molecule has 0 aromatic heterocycles. The lowest BCUT2D eigenvalue weighted by molar-refractivity contribution is 0.131. The number of nitrogens with zero attached hydrogens (tertiary/aromatic N) is 2. The molecule has 3 unspecified atom stereocenters. The summed E-state index contributed by atoms with van der Waals surface area (Å²) in [6.45, 7) is 5.30. The summed E-state index contributed by atoms with van der Waals surface area (Å²) in [5.41, 5.74) is 5.76. The van der Waals surface area contributed by atoms with Gasteiger partial charge in [0, 0.05) is 26.2 Å². The van der Waals surface area contributed by atoms with Gasteiger partial charge in [-0.25, -0.2) is 0 Å². The minimum absolute atomic E-state index is 0.0454. The van der Waals surface area contributed by atoms with Gasteiger partial charge in [0.2, 0.25) is 0 Å². The molecule has 2 heterocycles. The molecule has 0 aromatic carbocycles. The smallest absolute Gasteiger partial charge is 0.282 e. The molecule has 0 spiro atoms. The van der Waals surface area contributed by atoms with Crippen LogP contribution in [0.15, 0.2) is 0 Å². The summed E-state index contributed by atoms with van der Waals surface area (Å²) in [4.78, 5) is 0. The van der Waals surface area contributed by atoms with Gasteiger partial charge in [-0.2, -0.15) is 17.0 Å². The SMILES string of the molecule is CC1(CN)CCN(S(=O)(=O)N2CCC3CCCCC3C2)C1. The fourth-order valence-corrected chi connectivity index (χ4v) is 6.12. The van der Waals surface area contributed by atoms with Gasteiger partial charge in [-0.3, -0.25) is 0 Å². The van der Waals surface area contributed by atoms with Gasteiger partial charge < -0.3 is 5.73 Å². The zero-order valence-electron chi connectivity index (χ0n) is 13.1. The maximum Gasteiger partial charge on any atom is 0.282 e. The van der Waals surface area contributed by atoms with Crippen molar-refractivity contribution in [3.63, 3.8) is 0 Å². The zero-order valence-corrected chi connectivity index (χ0v) is 13.9. The minimum atomic E-state index is -3.28. The summed E-state index contributed by atoms with van der Waals surface area (Å²) in [5.74, 6) is 1.35. The van der Waals surface area contributed by atoms with E-state index in [2.05, 4.69) is 6.92 Å². The van der Waals surface area contributed by atoms with E-state index in [-0.39, 0.29) is 5.41 Å². The molecular weight excluding hydrogens is 286 g/mol.